The van der Waals surface area contributed by atoms with E-state index in [2.05, 4.69) is 41.0 Å². The minimum Gasteiger partial charge on any atom is -0.336 e. The predicted molar refractivity (Wildman–Crippen MR) is 95.8 cm³/mol. The summed E-state index contributed by atoms with van der Waals surface area (Å²) in [6.45, 7) is 8.98. The number of rotatable bonds is 2. The van der Waals surface area contributed by atoms with Crippen LogP contribution in [0.2, 0.25) is 0 Å². The van der Waals surface area contributed by atoms with Crippen LogP contribution in [0.1, 0.15) is 43.7 Å². The molecule has 24 heavy (non-hydrogen) atoms. The van der Waals surface area contributed by atoms with E-state index in [0.717, 1.165) is 6.54 Å². The molecule has 4 heterocycles. The second-order valence-electron chi connectivity index (χ2n) is 8.55. The number of nitrogens with zero attached hydrogens (tertiary/aromatic N) is 2. The summed E-state index contributed by atoms with van der Waals surface area (Å²) >= 11 is 0. The van der Waals surface area contributed by atoms with E-state index in [0.29, 0.717) is 23.9 Å². The molecule has 0 aromatic heterocycles. The Labute approximate surface area is 145 Å². The number of hydrogen-bond acceptors (Lipinski definition) is 3. The van der Waals surface area contributed by atoms with Crippen molar-refractivity contribution in [1.29, 1.82) is 0 Å². The molecule has 0 aliphatic carbocycles. The van der Waals surface area contributed by atoms with E-state index in [4.69, 9.17) is 5.73 Å². The smallest absolute Gasteiger partial charge is 0.242 e. The van der Waals surface area contributed by atoms with Gasteiger partial charge in [0.2, 0.25) is 5.91 Å². The third kappa shape index (κ3) is 2.47. The molecule has 4 aliphatic heterocycles. The zero-order valence-corrected chi connectivity index (χ0v) is 15.0. The molecule has 1 aromatic carbocycles. The number of aryl methyl sites for hydroxylation is 1. The van der Waals surface area contributed by atoms with E-state index in [1.54, 1.807) is 0 Å². The van der Waals surface area contributed by atoms with Crippen LogP contribution in [-0.4, -0.2) is 53.0 Å². The lowest BCUT2D eigenvalue weighted by atomic mass is 9.75. The van der Waals surface area contributed by atoms with E-state index in [1.165, 1.54) is 37.1 Å². The van der Waals surface area contributed by atoms with Gasteiger partial charge in [-0.1, -0.05) is 29.8 Å². The summed E-state index contributed by atoms with van der Waals surface area (Å²) in [5, 5.41) is 0. The van der Waals surface area contributed by atoms with E-state index in [9.17, 15) is 4.79 Å². The highest BCUT2D eigenvalue weighted by Crippen LogP contribution is 2.46. The third-order valence-corrected chi connectivity index (χ3v) is 6.31. The summed E-state index contributed by atoms with van der Waals surface area (Å²) in [5.74, 6) is 1.16. The van der Waals surface area contributed by atoms with Crippen LogP contribution in [0.4, 0.5) is 0 Å². The molecule has 5 rings (SSSR count). The lowest BCUT2D eigenvalue weighted by molar-refractivity contribution is -0.140. The van der Waals surface area contributed by atoms with Crippen molar-refractivity contribution in [2.24, 2.45) is 11.7 Å². The molecular weight excluding hydrogens is 298 g/mol. The van der Waals surface area contributed by atoms with Gasteiger partial charge in [-0.25, -0.2) is 0 Å². The lowest BCUT2D eigenvalue weighted by Crippen LogP contribution is -2.63. The van der Waals surface area contributed by atoms with Crippen molar-refractivity contribution >= 4 is 5.91 Å². The first-order valence-electron chi connectivity index (χ1n) is 9.27. The predicted octanol–water partition coefficient (Wildman–Crippen LogP) is 2.12. The van der Waals surface area contributed by atoms with E-state index in [-0.39, 0.29) is 5.91 Å². The summed E-state index contributed by atoms with van der Waals surface area (Å²) < 4.78 is 0. The summed E-state index contributed by atoms with van der Waals surface area (Å²) in [5.41, 5.74) is 8.04. The second-order valence-corrected chi connectivity index (χ2v) is 8.55. The number of likely N-dealkylation sites (tertiary alicyclic amines) is 1. The molecule has 1 aromatic rings. The van der Waals surface area contributed by atoms with Gasteiger partial charge in [0.1, 0.15) is 0 Å². The lowest BCUT2D eigenvalue weighted by Gasteiger charge is -2.51. The molecule has 4 saturated heterocycles. The number of fused-ring (bicyclic) bond motifs is 2. The minimum absolute atomic E-state index is 0.112. The average Bonchev–Trinajstić information content (AvgIpc) is 2.97. The number of hydrogen-bond donors (Lipinski definition) is 1. The molecule has 2 N–H and O–H groups in total. The first kappa shape index (κ1) is 16.1. The van der Waals surface area contributed by atoms with Crippen LogP contribution in [0.5, 0.6) is 0 Å². The van der Waals surface area contributed by atoms with Gasteiger partial charge in [0.15, 0.2) is 0 Å². The summed E-state index contributed by atoms with van der Waals surface area (Å²) in [6, 6.07) is 9.70. The van der Waals surface area contributed by atoms with Crippen molar-refractivity contribution in [2.45, 2.75) is 57.2 Å². The van der Waals surface area contributed by atoms with Gasteiger partial charge in [0, 0.05) is 18.5 Å². The van der Waals surface area contributed by atoms with Gasteiger partial charge >= 0.3 is 0 Å². The first-order valence-corrected chi connectivity index (χ1v) is 9.27. The van der Waals surface area contributed by atoms with Gasteiger partial charge in [-0.15, -0.1) is 0 Å². The second kappa shape index (κ2) is 5.57. The van der Waals surface area contributed by atoms with Crippen molar-refractivity contribution in [3.8, 4) is 0 Å². The van der Waals surface area contributed by atoms with Crippen molar-refractivity contribution in [2.75, 3.05) is 19.6 Å². The first-order chi connectivity index (χ1) is 11.4. The molecule has 0 saturated carbocycles. The van der Waals surface area contributed by atoms with Crippen molar-refractivity contribution in [1.82, 2.24) is 9.80 Å². The average molecular weight is 327 g/mol. The van der Waals surface area contributed by atoms with Crippen LogP contribution in [0.3, 0.4) is 0 Å². The molecule has 4 heteroatoms. The fraction of sp³-hybridized carbons (Fsp3) is 0.650. The molecule has 4 aliphatic rings. The fourth-order valence-corrected chi connectivity index (χ4v) is 5.13. The van der Waals surface area contributed by atoms with Gasteiger partial charge in [0.25, 0.3) is 0 Å². The van der Waals surface area contributed by atoms with Crippen LogP contribution >= 0.6 is 0 Å². The summed E-state index contributed by atoms with van der Waals surface area (Å²) in [4.78, 5) is 17.8. The highest BCUT2D eigenvalue weighted by Gasteiger charge is 2.55. The maximum Gasteiger partial charge on any atom is 0.242 e. The van der Waals surface area contributed by atoms with E-state index < -0.39 is 5.54 Å². The molecule has 4 fully saturated rings. The van der Waals surface area contributed by atoms with Crippen LogP contribution in [0, 0.1) is 12.8 Å². The normalized spacial score (nSPS) is 35.2. The minimum atomic E-state index is -0.793. The molecule has 0 spiro atoms. The number of piperidine rings is 3. The Hall–Kier alpha value is -1.39. The largest absolute Gasteiger partial charge is 0.336 e. The maximum absolute atomic E-state index is 13.0. The SMILES string of the molecule is Cc1ccc([C@@H]2CN(C(=O)C(C)(C)N)[C@@H]3C4CCN(CC4)[C@@H]32)cc1. The zero-order chi connectivity index (χ0) is 17.1. The zero-order valence-electron chi connectivity index (χ0n) is 15.0. The molecule has 130 valence electrons. The Morgan fingerprint density at radius 2 is 1.75 bits per heavy atom. The molecular formula is C20H29N3O. The maximum atomic E-state index is 13.0. The number of benzene rings is 1. The summed E-state index contributed by atoms with van der Waals surface area (Å²) in [7, 11) is 0. The number of nitrogens with two attached hydrogens (primary N) is 1. The Kier molecular flexibility index (Phi) is 3.73. The molecule has 2 bridgehead atoms. The van der Waals surface area contributed by atoms with E-state index in [1.807, 2.05) is 13.8 Å². The molecule has 3 atom stereocenters. The standard InChI is InChI=1S/C20H29N3O/c1-13-4-6-14(7-5-13)16-12-23(19(24)20(2,3)21)17-15-8-10-22(11-9-15)18(16)17/h4-7,15-18H,8-12,21H2,1-3H3/t16-,17+,18+/m0/s1. The Bertz CT molecular complexity index is 625. The Balaban J connectivity index is 1.71. The van der Waals surface area contributed by atoms with Crippen molar-refractivity contribution in [3.63, 3.8) is 0 Å². The highest BCUT2D eigenvalue weighted by molar-refractivity contribution is 5.86. The van der Waals surface area contributed by atoms with Gasteiger partial charge in [-0.3, -0.25) is 9.69 Å². The van der Waals surface area contributed by atoms with Crippen molar-refractivity contribution in [3.05, 3.63) is 35.4 Å². The quantitative estimate of drug-likeness (QED) is 0.905. The van der Waals surface area contributed by atoms with Crippen LogP contribution < -0.4 is 5.73 Å². The van der Waals surface area contributed by atoms with Gasteiger partial charge in [-0.05, 0) is 58.2 Å². The van der Waals surface area contributed by atoms with E-state index >= 15 is 0 Å². The van der Waals surface area contributed by atoms with Crippen LogP contribution in [0.15, 0.2) is 24.3 Å². The monoisotopic (exact) mass is 327 g/mol. The van der Waals surface area contributed by atoms with Gasteiger partial charge in [-0.2, -0.15) is 0 Å². The van der Waals surface area contributed by atoms with Crippen LogP contribution in [0.25, 0.3) is 0 Å². The van der Waals surface area contributed by atoms with Gasteiger partial charge in [0.05, 0.1) is 11.6 Å². The van der Waals surface area contributed by atoms with Crippen molar-refractivity contribution < 1.29 is 4.79 Å². The molecule has 0 unspecified atom stereocenters. The third-order valence-electron chi connectivity index (χ3n) is 6.31. The topological polar surface area (TPSA) is 49.6 Å². The summed E-state index contributed by atoms with van der Waals surface area (Å²) in [6.07, 6.45) is 2.44. The van der Waals surface area contributed by atoms with Gasteiger partial charge < -0.3 is 10.6 Å². The number of carbonyl (C=O) groups excluding carboxylic acids is 1. The fourth-order valence-electron chi connectivity index (χ4n) is 5.13. The Morgan fingerprint density at radius 3 is 2.33 bits per heavy atom. The number of carbonyl (C=O) groups is 1. The molecule has 1 amide bonds. The number of amides is 1. The Morgan fingerprint density at radius 1 is 1.12 bits per heavy atom. The highest BCUT2D eigenvalue weighted by atomic mass is 16.2. The van der Waals surface area contributed by atoms with Crippen LogP contribution in [-0.2, 0) is 4.79 Å². The molecule has 0 radical (unpaired) electrons. The molecule has 4 nitrogen and oxygen atoms in total.